The predicted molar refractivity (Wildman–Crippen MR) is 71.6 cm³/mol. The first kappa shape index (κ1) is 11.7. The van der Waals surface area contributed by atoms with Gasteiger partial charge in [0.15, 0.2) is 0 Å². The minimum absolute atomic E-state index is 0.921. The van der Waals surface area contributed by atoms with Crippen LogP contribution in [0, 0.1) is 6.92 Å². The van der Waals surface area contributed by atoms with Crippen molar-refractivity contribution in [3.8, 4) is 5.75 Å². The van der Waals surface area contributed by atoms with Crippen LogP contribution in [0.15, 0.2) is 48.5 Å². The molecule has 2 rings (SSSR count). The van der Waals surface area contributed by atoms with E-state index < -0.39 is 0 Å². The normalized spacial score (nSPS) is 10.2. The molecule has 0 heterocycles. The van der Waals surface area contributed by atoms with Crippen molar-refractivity contribution in [3.63, 3.8) is 0 Å². The maximum Gasteiger partial charge on any atom is 0.118 e. The lowest BCUT2D eigenvalue weighted by atomic mass is 10.0. The topological polar surface area (TPSA) is 9.23 Å². The fraction of sp³-hybridized carbons (Fsp3) is 0.250. The average Bonchev–Trinajstić information content (AvgIpc) is 2.38. The minimum atomic E-state index is 0.921. The highest BCUT2D eigenvalue weighted by Gasteiger charge is 1.99. The van der Waals surface area contributed by atoms with Crippen LogP contribution in [0.4, 0.5) is 0 Å². The molecule has 2 aromatic carbocycles. The second-order valence-electron chi connectivity index (χ2n) is 4.27. The SMILES string of the molecule is COc1ccc(CCc2ccccc2C)cc1. The van der Waals surface area contributed by atoms with Crippen LogP contribution in [0.25, 0.3) is 0 Å². The lowest BCUT2D eigenvalue weighted by Gasteiger charge is -2.06. The highest BCUT2D eigenvalue weighted by Crippen LogP contribution is 2.15. The maximum atomic E-state index is 5.15. The summed E-state index contributed by atoms with van der Waals surface area (Å²) in [4.78, 5) is 0. The molecule has 0 aromatic heterocycles. The first-order valence-electron chi connectivity index (χ1n) is 5.97. The zero-order chi connectivity index (χ0) is 12.1. The molecular formula is C16H18O. The Morgan fingerprint density at radius 3 is 2.24 bits per heavy atom. The van der Waals surface area contributed by atoms with Gasteiger partial charge in [-0.2, -0.15) is 0 Å². The third kappa shape index (κ3) is 3.10. The van der Waals surface area contributed by atoms with Gasteiger partial charge in [0.05, 0.1) is 7.11 Å². The highest BCUT2D eigenvalue weighted by molar-refractivity contribution is 5.30. The molecular weight excluding hydrogens is 208 g/mol. The largest absolute Gasteiger partial charge is 0.497 e. The third-order valence-corrected chi connectivity index (χ3v) is 3.10. The lowest BCUT2D eigenvalue weighted by Crippen LogP contribution is -1.94. The molecule has 0 aliphatic heterocycles. The van der Waals surface area contributed by atoms with E-state index in [4.69, 9.17) is 4.74 Å². The summed E-state index contributed by atoms with van der Waals surface area (Å²) in [6.07, 6.45) is 2.17. The summed E-state index contributed by atoms with van der Waals surface area (Å²) in [5.41, 5.74) is 4.17. The third-order valence-electron chi connectivity index (χ3n) is 3.10. The molecule has 0 amide bonds. The molecule has 0 saturated carbocycles. The Morgan fingerprint density at radius 1 is 0.882 bits per heavy atom. The Kier molecular flexibility index (Phi) is 3.81. The van der Waals surface area contributed by atoms with Crippen molar-refractivity contribution in [1.82, 2.24) is 0 Å². The van der Waals surface area contributed by atoms with Crippen LogP contribution in [0.2, 0.25) is 0 Å². The van der Waals surface area contributed by atoms with E-state index in [0.717, 1.165) is 18.6 Å². The van der Waals surface area contributed by atoms with Gasteiger partial charge in [-0.3, -0.25) is 0 Å². The molecule has 1 nitrogen and oxygen atoms in total. The van der Waals surface area contributed by atoms with E-state index in [1.165, 1.54) is 16.7 Å². The van der Waals surface area contributed by atoms with E-state index in [2.05, 4.69) is 43.3 Å². The Hall–Kier alpha value is -1.76. The number of rotatable bonds is 4. The highest BCUT2D eigenvalue weighted by atomic mass is 16.5. The van der Waals surface area contributed by atoms with Crippen LogP contribution in [0.5, 0.6) is 5.75 Å². The summed E-state index contributed by atoms with van der Waals surface area (Å²) in [7, 11) is 1.70. The first-order valence-corrected chi connectivity index (χ1v) is 5.97. The Balaban J connectivity index is 2.00. The van der Waals surface area contributed by atoms with Gasteiger partial charge in [0, 0.05) is 0 Å². The van der Waals surface area contributed by atoms with Gasteiger partial charge in [-0.15, -0.1) is 0 Å². The molecule has 0 atom stereocenters. The molecule has 0 unspecified atom stereocenters. The lowest BCUT2D eigenvalue weighted by molar-refractivity contribution is 0.414. The monoisotopic (exact) mass is 226 g/mol. The molecule has 2 aromatic rings. The standard InChI is InChI=1S/C16H18O/c1-13-5-3-4-6-15(13)10-7-14-8-11-16(17-2)12-9-14/h3-6,8-9,11-12H,7,10H2,1-2H3. The summed E-state index contributed by atoms with van der Waals surface area (Å²) >= 11 is 0. The molecule has 0 saturated heterocycles. The molecule has 0 spiro atoms. The molecule has 1 heteroatoms. The molecule has 0 bridgehead atoms. The average molecular weight is 226 g/mol. The molecule has 0 N–H and O–H groups in total. The zero-order valence-corrected chi connectivity index (χ0v) is 10.4. The van der Waals surface area contributed by atoms with Gasteiger partial charge in [-0.25, -0.2) is 0 Å². The predicted octanol–water partition coefficient (Wildman–Crippen LogP) is 3.79. The van der Waals surface area contributed by atoms with E-state index in [1.54, 1.807) is 7.11 Å². The molecule has 0 aliphatic carbocycles. The van der Waals surface area contributed by atoms with Crippen molar-refractivity contribution in [3.05, 3.63) is 65.2 Å². The van der Waals surface area contributed by atoms with E-state index in [-0.39, 0.29) is 0 Å². The van der Waals surface area contributed by atoms with Crippen molar-refractivity contribution >= 4 is 0 Å². The van der Waals surface area contributed by atoms with E-state index >= 15 is 0 Å². The summed E-state index contributed by atoms with van der Waals surface area (Å²) < 4.78 is 5.15. The van der Waals surface area contributed by atoms with Gasteiger partial charge in [-0.1, -0.05) is 36.4 Å². The molecule has 88 valence electrons. The van der Waals surface area contributed by atoms with Crippen LogP contribution in [0.1, 0.15) is 16.7 Å². The van der Waals surface area contributed by atoms with E-state index in [1.807, 2.05) is 12.1 Å². The summed E-state index contributed by atoms with van der Waals surface area (Å²) in [6.45, 7) is 2.17. The summed E-state index contributed by atoms with van der Waals surface area (Å²) in [6, 6.07) is 16.9. The van der Waals surface area contributed by atoms with Crippen LogP contribution < -0.4 is 4.74 Å². The van der Waals surface area contributed by atoms with Crippen molar-refractivity contribution in [2.75, 3.05) is 7.11 Å². The Morgan fingerprint density at radius 2 is 1.59 bits per heavy atom. The second-order valence-corrected chi connectivity index (χ2v) is 4.27. The van der Waals surface area contributed by atoms with Gasteiger partial charge < -0.3 is 4.74 Å². The van der Waals surface area contributed by atoms with Gasteiger partial charge in [0.1, 0.15) is 5.75 Å². The minimum Gasteiger partial charge on any atom is -0.497 e. The zero-order valence-electron chi connectivity index (χ0n) is 10.4. The number of hydrogen-bond donors (Lipinski definition) is 0. The quantitative estimate of drug-likeness (QED) is 0.770. The molecule has 17 heavy (non-hydrogen) atoms. The van der Waals surface area contributed by atoms with E-state index in [9.17, 15) is 0 Å². The molecule has 0 fully saturated rings. The van der Waals surface area contributed by atoms with Crippen LogP contribution >= 0.6 is 0 Å². The summed E-state index contributed by atoms with van der Waals surface area (Å²) in [5.74, 6) is 0.921. The van der Waals surface area contributed by atoms with Crippen LogP contribution in [-0.2, 0) is 12.8 Å². The van der Waals surface area contributed by atoms with Crippen molar-refractivity contribution in [1.29, 1.82) is 0 Å². The number of aryl methyl sites for hydroxylation is 3. The Labute approximate surface area is 103 Å². The smallest absolute Gasteiger partial charge is 0.118 e. The van der Waals surface area contributed by atoms with Gasteiger partial charge in [0.2, 0.25) is 0 Å². The van der Waals surface area contributed by atoms with Gasteiger partial charge in [0.25, 0.3) is 0 Å². The van der Waals surface area contributed by atoms with Crippen LogP contribution in [0.3, 0.4) is 0 Å². The molecule has 0 radical (unpaired) electrons. The number of benzene rings is 2. The maximum absolute atomic E-state index is 5.15. The first-order chi connectivity index (χ1) is 8.29. The second kappa shape index (κ2) is 5.53. The van der Waals surface area contributed by atoms with Gasteiger partial charge in [-0.05, 0) is 48.6 Å². The number of ether oxygens (including phenoxy) is 1. The number of hydrogen-bond acceptors (Lipinski definition) is 1. The van der Waals surface area contributed by atoms with Gasteiger partial charge >= 0.3 is 0 Å². The fourth-order valence-electron chi connectivity index (χ4n) is 1.96. The van der Waals surface area contributed by atoms with Crippen molar-refractivity contribution in [2.45, 2.75) is 19.8 Å². The Bertz CT molecular complexity index is 471. The van der Waals surface area contributed by atoms with Crippen molar-refractivity contribution < 1.29 is 4.74 Å². The van der Waals surface area contributed by atoms with Crippen molar-refractivity contribution in [2.24, 2.45) is 0 Å². The fourth-order valence-corrected chi connectivity index (χ4v) is 1.96. The van der Waals surface area contributed by atoms with E-state index in [0.29, 0.717) is 0 Å². The van der Waals surface area contributed by atoms with Crippen LogP contribution in [-0.4, -0.2) is 7.11 Å². The number of methoxy groups -OCH3 is 1. The molecule has 0 aliphatic rings. The summed E-state index contributed by atoms with van der Waals surface area (Å²) in [5, 5.41) is 0.